The minimum absolute atomic E-state index is 0.624. The second-order valence-corrected chi connectivity index (χ2v) is 4.38. The molecule has 2 nitrogen and oxygen atoms in total. The molecule has 1 heterocycles. The first kappa shape index (κ1) is 8.95. The van der Waals surface area contributed by atoms with Crippen molar-refractivity contribution in [1.29, 1.82) is 5.41 Å². The Morgan fingerprint density at radius 2 is 2.31 bits per heavy atom. The molecule has 13 heavy (non-hydrogen) atoms. The van der Waals surface area contributed by atoms with Gasteiger partial charge in [-0.3, -0.25) is 4.90 Å². The summed E-state index contributed by atoms with van der Waals surface area (Å²) in [7, 11) is 0. The number of hydrogen-bond acceptors (Lipinski definition) is 2. The maximum absolute atomic E-state index is 7.48. The zero-order valence-corrected chi connectivity index (χ0v) is 8.29. The standard InChI is InChI=1S/C11H18N2/c1-9-6-7-13(8-9)11-4-2-10(12)3-5-11/h2,4,9,11-12H,3,5-8H2,1H3. The first-order chi connectivity index (χ1) is 6.25. The van der Waals surface area contributed by atoms with Crippen molar-refractivity contribution in [2.75, 3.05) is 13.1 Å². The Morgan fingerprint density at radius 3 is 2.85 bits per heavy atom. The molecule has 2 aliphatic rings. The minimum Gasteiger partial charge on any atom is -0.305 e. The van der Waals surface area contributed by atoms with Gasteiger partial charge >= 0.3 is 0 Å². The molecule has 0 spiro atoms. The molecular weight excluding hydrogens is 160 g/mol. The molecule has 1 saturated heterocycles. The van der Waals surface area contributed by atoms with Crippen LogP contribution in [0.3, 0.4) is 0 Å². The molecule has 1 N–H and O–H groups in total. The average molecular weight is 178 g/mol. The summed E-state index contributed by atoms with van der Waals surface area (Å²) in [5.41, 5.74) is 0.795. The SMILES string of the molecule is CC1CCN(C2C=CC(=N)CC2)C1. The number of allylic oxidation sites excluding steroid dienone is 1. The summed E-state index contributed by atoms with van der Waals surface area (Å²) in [6, 6.07) is 0.624. The summed E-state index contributed by atoms with van der Waals surface area (Å²) in [5, 5.41) is 7.48. The molecule has 2 unspecified atom stereocenters. The molecule has 2 rings (SSSR count). The third-order valence-corrected chi connectivity index (χ3v) is 3.15. The van der Waals surface area contributed by atoms with Crippen LogP contribution in [-0.2, 0) is 0 Å². The Labute approximate surface area is 80.1 Å². The first-order valence-corrected chi connectivity index (χ1v) is 5.25. The lowest BCUT2D eigenvalue weighted by molar-refractivity contribution is 0.264. The highest BCUT2D eigenvalue weighted by atomic mass is 15.2. The molecule has 1 aliphatic carbocycles. The van der Waals surface area contributed by atoms with Gasteiger partial charge in [0.25, 0.3) is 0 Å². The molecule has 0 bridgehead atoms. The maximum atomic E-state index is 7.48. The molecule has 72 valence electrons. The van der Waals surface area contributed by atoms with E-state index >= 15 is 0 Å². The van der Waals surface area contributed by atoms with E-state index in [1.807, 2.05) is 6.08 Å². The van der Waals surface area contributed by atoms with E-state index in [4.69, 9.17) is 5.41 Å². The smallest absolute Gasteiger partial charge is 0.0312 e. The minimum atomic E-state index is 0.624. The average Bonchev–Trinajstić information content (AvgIpc) is 2.53. The van der Waals surface area contributed by atoms with Gasteiger partial charge in [-0.1, -0.05) is 13.0 Å². The van der Waals surface area contributed by atoms with Crippen molar-refractivity contribution in [1.82, 2.24) is 4.90 Å². The van der Waals surface area contributed by atoms with Crippen LogP contribution in [0.1, 0.15) is 26.2 Å². The van der Waals surface area contributed by atoms with Gasteiger partial charge in [0.05, 0.1) is 0 Å². The molecule has 0 amide bonds. The summed E-state index contributed by atoms with van der Waals surface area (Å²) in [5.74, 6) is 0.870. The largest absolute Gasteiger partial charge is 0.305 e. The van der Waals surface area contributed by atoms with Crippen molar-refractivity contribution in [2.24, 2.45) is 5.92 Å². The van der Waals surface area contributed by atoms with Crippen LogP contribution < -0.4 is 0 Å². The van der Waals surface area contributed by atoms with Crippen molar-refractivity contribution in [2.45, 2.75) is 32.2 Å². The number of nitrogens with zero attached hydrogens (tertiary/aromatic N) is 1. The summed E-state index contributed by atoms with van der Waals surface area (Å²) >= 11 is 0. The fourth-order valence-corrected chi connectivity index (χ4v) is 2.28. The van der Waals surface area contributed by atoms with Crippen LogP contribution >= 0.6 is 0 Å². The third kappa shape index (κ3) is 1.99. The van der Waals surface area contributed by atoms with E-state index in [0.717, 1.165) is 24.5 Å². The van der Waals surface area contributed by atoms with E-state index in [0.29, 0.717) is 6.04 Å². The molecule has 1 aliphatic heterocycles. The lowest BCUT2D eigenvalue weighted by Gasteiger charge is -2.27. The van der Waals surface area contributed by atoms with E-state index in [-0.39, 0.29) is 0 Å². The summed E-state index contributed by atoms with van der Waals surface area (Å²) in [4.78, 5) is 2.56. The van der Waals surface area contributed by atoms with Crippen molar-refractivity contribution in [3.63, 3.8) is 0 Å². The van der Waals surface area contributed by atoms with Gasteiger partial charge in [-0.2, -0.15) is 0 Å². The maximum Gasteiger partial charge on any atom is 0.0312 e. The Bertz CT molecular complexity index is 232. The molecule has 0 aromatic rings. The fourth-order valence-electron chi connectivity index (χ4n) is 2.28. The normalized spacial score (nSPS) is 35.6. The van der Waals surface area contributed by atoms with Crippen molar-refractivity contribution in [3.8, 4) is 0 Å². The van der Waals surface area contributed by atoms with Gasteiger partial charge in [-0.25, -0.2) is 0 Å². The van der Waals surface area contributed by atoms with Crippen LogP contribution in [0.15, 0.2) is 12.2 Å². The second-order valence-electron chi connectivity index (χ2n) is 4.38. The molecule has 0 radical (unpaired) electrons. The molecule has 2 heteroatoms. The van der Waals surface area contributed by atoms with Gasteiger partial charge in [0.15, 0.2) is 0 Å². The fraction of sp³-hybridized carbons (Fsp3) is 0.727. The molecule has 2 atom stereocenters. The van der Waals surface area contributed by atoms with Crippen LogP contribution in [0.25, 0.3) is 0 Å². The van der Waals surface area contributed by atoms with Gasteiger partial charge in [-0.15, -0.1) is 0 Å². The number of likely N-dealkylation sites (tertiary alicyclic amines) is 1. The molecule has 1 fully saturated rings. The molecular formula is C11H18N2. The third-order valence-electron chi connectivity index (χ3n) is 3.15. The zero-order valence-electron chi connectivity index (χ0n) is 8.29. The Balaban J connectivity index is 1.95. The highest BCUT2D eigenvalue weighted by molar-refractivity contribution is 5.93. The van der Waals surface area contributed by atoms with Crippen LogP contribution in [-0.4, -0.2) is 29.7 Å². The highest BCUT2D eigenvalue weighted by Gasteiger charge is 2.25. The van der Waals surface area contributed by atoms with Crippen LogP contribution in [0.5, 0.6) is 0 Å². The van der Waals surface area contributed by atoms with E-state index in [1.54, 1.807) is 0 Å². The Hall–Kier alpha value is -0.630. The second kappa shape index (κ2) is 3.62. The highest BCUT2D eigenvalue weighted by Crippen LogP contribution is 2.22. The van der Waals surface area contributed by atoms with Gasteiger partial charge in [0.1, 0.15) is 0 Å². The number of hydrogen-bond donors (Lipinski definition) is 1. The van der Waals surface area contributed by atoms with E-state index in [1.165, 1.54) is 19.5 Å². The van der Waals surface area contributed by atoms with E-state index in [2.05, 4.69) is 17.9 Å². The lowest BCUT2D eigenvalue weighted by Crippen LogP contribution is -2.33. The molecule has 0 aromatic carbocycles. The summed E-state index contributed by atoms with van der Waals surface area (Å²) in [6.45, 7) is 4.83. The van der Waals surface area contributed by atoms with Gasteiger partial charge in [0.2, 0.25) is 0 Å². The quantitative estimate of drug-likeness (QED) is 0.654. The van der Waals surface area contributed by atoms with Crippen LogP contribution in [0, 0.1) is 11.3 Å². The van der Waals surface area contributed by atoms with Crippen molar-refractivity contribution < 1.29 is 0 Å². The topological polar surface area (TPSA) is 27.1 Å². The van der Waals surface area contributed by atoms with Crippen molar-refractivity contribution in [3.05, 3.63) is 12.2 Å². The van der Waals surface area contributed by atoms with Crippen LogP contribution in [0.2, 0.25) is 0 Å². The number of rotatable bonds is 1. The van der Waals surface area contributed by atoms with E-state index in [9.17, 15) is 0 Å². The zero-order chi connectivity index (χ0) is 9.26. The van der Waals surface area contributed by atoms with Crippen molar-refractivity contribution >= 4 is 5.71 Å². The predicted octanol–water partition coefficient (Wildman–Crippen LogP) is 2.07. The van der Waals surface area contributed by atoms with Gasteiger partial charge < -0.3 is 5.41 Å². The Morgan fingerprint density at radius 1 is 1.46 bits per heavy atom. The lowest BCUT2D eigenvalue weighted by atomic mass is 10.0. The first-order valence-electron chi connectivity index (χ1n) is 5.25. The van der Waals surface area contributed by atoms with Gasteiger partial charge in [-0.05, 0) is 37.8 Å². The Kier molecular flexibility index (Phi) is 2.49. The van der Waals surface area contributed by atoms with E-state index < -0.39 is 0 Å². The predicted molar refractivity (Wildman–Crippen MR) is 55.2 cm³/mol. The van der Waals surface area contributed by atoms with Crippen LogP contribution in [0.4, 0.5) is 0 Å². The molecule has 0 saturated carbocycles. The summed E-state index contributed by atoms with van der Waals surface area (Å²) < 4.78 is 0. The number of nitrogens with one attached hydrogen (secondary N) is 1. The summed E-state index contributed by atoms with van der Waals surface area (Å²) in [6.07, 6.45) is 7.66. The van der Waals surface area contributed by atoms with Gasteiger partial charge in [0, 0.05) is 18.3 Å². The molecule has 0 aromatic heterocycles. The monoisotopic (exact) mass is 178 g/mol.